The second-order valence-electron chi connectivity index (χ2n) is 9.41. The largest absolute Gasteiger partial charge is 0.507 e. The topological polar surface area (TPSA) is 116 Å². The van der Waals surface area contributed by atoms with Crippen molar-refractivity contribution in [1.29, 1.82) is 0 Å². The Morgan fingerprint density at radius 2 is 1.78 bits per heavy atom. The summed E-state index contributed by atoms with van der Waals surface area (Å²) < 4.78 is 0. The number of aromatic amines is 2. The van der Waals surface area contributed by atoms with Crippen LogP contribution in [0.15, 0.2) is 85.2 Å². The standard InChI is InChI=1S/C30H28N6O/c1-18-25-13-19(10-11-28(25)36-35-18)26-14-22(17-34-30(26)24-7-3-5-9-29(24)37)32-16-21(31)12-20-15-33-27-8-4-2-6-23(20)27/h2-11,13-15,17,21,32-33,37H,12,16,31H2,1H3,(H,35,36)/t21-/m0/s1. The number of hydrogen-bond acceptors (Lipinski definition) is 5. The van der Waals surface area contributed by atoms with E-state index in [1.54, 1.807) is 12.3 Å². The Balaban J connectivity index is 1.31. The molecule has 3 aromatic carbocycles. The number of pyridine rings is 1. The van der Waals surface area contributed by atoms with Crippen LogP contribution in [0.2, 0.25) is 0 Å². The first-order chi connectivity index (χ1) is 18.1. The first-order valence-corrected chi connectivity index (χ1v) is 12.3. The molecule has 184 valence electrons. The van der Waals surface area contributed by atoms with E-state index in [1.165, 1.54) is 10.9 Å². The van der Waals surface area contributed by atoms with E-state index in [0.29, 0.717) is 17.8 Å². The quantitative estimate of drug-likeness (QED) is 0.196. The number of phenolic OH excluding ortho intramolecular Hbond substituents is 1. The summed E-state index contributed by atoms with van der Waals surface area (Å²) in [7, 11) is 0. The number of aryl methyl sites for hydroxylation is 1. The van der Waals surface area contributed by atoms with Gasteiger partial charge in [-0.2, -0.15) is 5.10 Å². The number of hydrogen-bond donors (Lipinski definition) is 5. The lowest BCUT2D eigenvalue weighted by atomic mass is 9.97. The van der Waals surface area contributed by atoms with Gasteiger partial charge in [0, 0.05) is 46.2 Å². The van der Waals surface area contributed by atoms with Gasteiger partial charge in [0.1, 0.15) is 5.75 Å². The maximum absolute atomic E-state index is 10.6. The number of aromatic nitrogens is 4. The molecule has 6 N–H and O–H groups in total. The molecule has 0 amide bonds. The number of nitrogens with zero attached hydrogens (tertiary/aromatic N) is 2. The maximum atomic E-state index is 10.6. The first kappa shape index (κ1) is 22.8. The number of anilines is 1. The van der Waals surface area contributed by atoms with Crippen molar-refractivity contribution in [2.75, 3.05) is 11.9 Å². The minimum Gasteiger partial charge on any atom is -0.507 e. The minimum atomic E-state index is -0.0783. The summed E-state index contributed by atoms with van der Waals surface area (Å²) in [5, 5.41) is 23.7. The highest BCUT2D eigenvalue weighted by Gasteiger charge is 2.16. The minimum absolute atomic E-state index is 0.0783. The van der Waals surface area contributed by atoms with Crippen LogP contribution < -0.4 is 11.1 Å². The lowest BCUT2D eigenvalue weighted by Gasteiger charge is -2.16. The number of aromatic hydroxyl groups is 1. The van der Waals surface area contributed by atoms with E-state index in [-0.39, 0.29) is 11.8 Å². The molecule has 0 saturated carbocycles. The highest BCUT2D eigenvalue weighted by Crippen LogP contribution is 2.37. The maximum Gasteiger partial charge on any atom is 0.124 e. The summed E-state index contributed by atoms with van der Waals surface area (Å²) in [6.07, 6.45) is 4.59. The van der Waals surface area contributed by atoms with Crippen molar-refractivity contribution in [1.82, 2.24) is 20.2 Å². The molecule has 7 nitrogen and oxygen atoms in total. The smallest absolute Gasteiger partial charge is 0.124 e. The summed E-state index contributed by atoms with van der Waals surface area (Å²) in [6, 6.07) is 23.7. The van der Waals surface area contributed by atoms with Crippen molar-refractivity contribution >= 4 is 27.5 Å². The Morgan fingerprint density at radius 1 is 0.946 bits per heavy atom. The van der Waals surface area contributed by atoms with Crippen molar-refractivity contribution in [2.45, 2.75) is 19.4 Å². The van der Waals surface area contributed by atoms with Crippen LogP contribution in [0.1, 0.15) is 11.3 Å². The molecule has 6 rings (SSSR count). The fraction of sp³-hybridized carbons (Fsp3) is 0.133. The number of nitrogens with one attached hydrogen (secondary N) is 3. The van der Waals surface area contributed by atoms with E-state index in [9.17, 15) is 5.11 Å². The molecule has 0 bridgehead atoms. The van der Waals surface area contributed by atoms with Crippen molar-refractivity contribution in [3.05, 3.63) is 96.4 Å². The number of fused-ring (bicyclic) bond motifs is 2. The average molecular weight is 489 g/mol. The van der Waals surface area contributed by atoms with Gasteiger partial charge in [-0.1, -0.05) is 36.4 Å². The van der Waals surface area contributed by atoms with Crippen LogP contribution in [0.4, 0.5) is 5.69 Å². The molecular weight excluding hydrogens is 460 g/mol. The van der Waals surface area contributed by atoms with Gasteiger partial charge < -0.3 is 21.1 Å². The molecule has 37 heavy (non-hydrogen) atoms. The molecule has 3 aromatic heterocycles. The normalized spacial score (nSPS) is 12.3. The van der Waals surface area contributed by atoms with Crippen LogP contribution in [-0.4, -0.2) is 37.9 Å². The van der Waals surface area contributed by atoms with E-state index < -0.39 is 0 Å². The van der Waals surface area contributed by atoms with Crippen molar-refractivity contribution in [3.8, 4) is 28.1 Å². The summed E-state index contributed by atoms with van der Waals surface area (Å²) >= 11 is 0. The SMILES string of the molecule is Cc1n[nH]c2ccc(-c3cc(NC[C@@H](N)Cc4c[nH]c5ccccc45)cnc3-c3ccccc3O)cc12. The third kappa shape index (κ3) is 4.41. The van der Waals surface area contributed by atoms with Gasteiger partial charge in [0.2, 0.25) is 0 Å². The van der Waals surface area contributed by atoms with Gasteiger partial charge in [0.15, 0.2) is 0 Å². The molecule has 0 aliphatic rings. The van der Waals surface area contributed by atoms with Crippen LogP contribution in [0.3, 0.4) is 0 Å². The van der Waals surface area contributed by atoms with Crippen LogP contribution in [-0.2, 0) is 6.42 Å². The second-order valence-corrected chi connectivity index (χ2v) is 9.41. The summed E-state index contributed by atoms with van der Waals surface area (Å²) in [5.74, 6) is 0.193. The van der Waals surface area contributed by atoms with Gasteiger partial charge >= 0.3 is 0 Å². The zero-order chi connectivity index (χ0) is 25.4. The second kappa shape index (κ2) is 9.44. The molecule has 0 aliphatic carbocycles. The predicted octanol–water partition coefficient (Wildman–Crippen LogP) is 5.77. The lowest BCUT2D eigenvalue weighted by Crippen LogP contribution is -2.31. The van der Waals surface area contributed by atoms with E-state index >= 15 is 0 Å². The molecule has 6 aromatic rings. The summed E-state index contributed by atoms with van der Waals surface area (Å²) in [5.41, 5.74) is 14.9. The Morgan fingerprint density at radius 3 is 2.68 bits per heavy atom. The van der Waals surface area contributed by atoms with Crippen LogP contribution in [0, 0.1) is 6.92 Å². The molecule has 0 radical (unpaired) electrons. The Bertz CT molecular complexity index is 1720. The molecule has 3 heterocycles. The fourth-order valence-corrected chi connectivity index (χ4v) is 4.89. The highest BCUT2D eigenvalue weighted by atomic mass is 16.3. The van der Waals surface area contributed by atoms with E-state index in [4.69, 9.17) is 10.7 Å². The van der Waals surface area contributed by atoms with Gasteiger partial charge in [-0.3, -0.25) is 10.1 Å². The van der Waals surface area contributed by atoms with Crippen LogP contribution in [0.25, 0.3) is 44.2 Å². The molecular formula is C30H28N6O. The van der Waals surface area contributed by atoms with Crippen molar-refractivity contribution < 1.29 is 5.11 Å². The van der Waals surface area contributed by atoms with Crippen molar-refractivity contribution in [2.24, 2.45) is 5.73 Å². The number of H-pyrrole nitrogens is 2. The van der Waals surface area contributed by atoms with E-state index in [0.717, 1.165) is 45.3 Å². The first-order valence-electron chi connectivity index (χ1n) is 12.3. The number of phenols is 1. The van der Waals surface area contributed by atoms with Gasteiger partial charge in [-0.25, -0.2) is 0 Å². The molecule has 0 spiro atoms. The summed E-state index contributed by atoms with van der Waals surface area (Å²) in [4.78, 5) is 8.10. The number of rotatable bonds is 7. The third-order valence-corrected chi connectivity index (χ3v) is 6.84. The zero-order valence-corrected chi connectivity index (χ0v) is 20.5. The number of para-hydroxylation sites is 2. The van der Waals surface area contributed by atoms with Gasteiger partial charge in [0.05, 0.1) is 28.8 Å². The number of nitrogens with two attached hydrogens (primary N) is 1. The van der Waals surface area contributed by atoms with Crippen LogP contribution in [0.5, 0.6) is 5.75 Å². The molecule has 0 fully saturated rings. The zero-order valence-electron chi connectivity index (χ0n) is 20.5. The fourth-order valence-electron chi connectivity index (χ4n) is 4.89. The molecule has 0 aliphatic heterocycles. The summed E-state index contributed by atoms with van der Waals surface area (Å²) in [6.45, 7) is 2.58. The number of benzene rings is 3. The molecule has 7 heteroatoms. The van der Waals surface area contributed by atoms with Crippen molar-refractivity contribution in [3.63, 3.8) is 0 Å². The monoisotopic (exact) mass is 488 g/mol. The Hall–Kier alpha value is -4.62. The molecule has 1 atom stereocenters. The van der Waals surface area contributed by atoms with Gasteiger partial charge in [-0.05, 0) is 60.9 Å². The molecule has 0 unspecified atom stereocenters. The van der Waals surface area contributed by atoms with Crippen LogP contribution >= 0.6 is 0 Å². The predicted molar refractivity (Wildman–Crippen MR) is 150 cm³/mol. The van der Waals surface area contributed by atoms with E-state index in [1.807, 2.05) is 55.6 Å². The highest BCUT2D eigenvalue weighted by molar-refractivity contribution is 5.91. The Kier molecular flexibility index (Phi) is 5.82. The average Bonchev–Trinajstić information content (AvgIpc) is 3.51. The Labute approximate surface area is 214 Å². The lowest BCUT2D eigenvalue weighted by molar-refractivity contribution is 0.477. The molecule has 0 saturated heterocycles. The van der Waals surface area contributed by atoms with Gasteiger partial charge in [-0.15, -0.1) is 0 Å². The van der Waals surface area contributed by atoms with E-state index in [2.05, 4.69) is 44.8 Å². The third-order valence-electron chi connectivity index (χ3n) is 6.84. The van der Waals surface area contributed by atoms with Gasteiger partial charge in [0.25, 0.3) is 0 Å².